The lowest BCUT2D eigenvalue weighted by Gasteiger charge is -2.08. The molecule has 0 aliphatic heterocycles. The number of nitrogens with one attached hydrogen (secondary N) is 1. The molecule has 1 rings (SSSR count). The van der Waals surface area contributed by atoms with E-state index in [1.165, 1.54) is 5.56 Å². The number of alkyl halides is 1. The first-order valence-corrected chi connectivity index (χ1v) is 6.01. The van der Waals surface area contributed by atoms with E-state index >= 15 is 0 Å². The summed E-state index contributed by atoms with van der Waals surface area (Å²) in [4.78, 5) is 0. The summed E-state index contributed by atoms with van der Waals surface area (Å²) in [6, 6.07) is 6.13. The van der Waals surface area contributed by atoms with Gasteiger partial charge >= 0.3 is 0 Å². The first-order valence-electron chi connectivity index (χ1n) is 5.19. The molecule has 0 saturated carbocycles. The minimum atomic E-state index is 0.228. The molecule has 0 radical (unpaired) electrons. The van der Waals surface area contributed by atoms with Gasteiger partial charge in [0.2, 0.25) is 0 Å². The van der Waals surface area contributed by atoms with Gasteiger partial charge in [-0.1, -0.05) is 23.7 Å². The van der Waals surface area contributed by atoms with Crippen molar-refractivity contribution in [3.8, 4) is 0 Å². The fourth-order valence-corrected chi connectivity index (χ4v) is 1.73. The van der Waals surface area contributed by atoms with Crippen molar-refractivity contribution in [1.82, 2.24) is 5.32 Å². The Hall–Kier alpha value is -0.240. The Balaban J connectivity index is 2.37. The number of hydrogen-bond acceptors (Lipinski definition) is 1. The van der Waals surface area contributed by atoms with Gasteiger partial charge in [-0.2, -0.15) is 0 Å². The Morgan fingerprint density at radius 3 is 2.73 bits per heavy atom. The number of benzene rings is 1. The highest BCUT2D eigenvalue weighted by Crippen LogP contribution is 2.17. The van der Waals surface area contributed by atoms with Crippen LogP contribution in [0.2, 0.25) is 5.02 Å². The van der Waals surface area contributed by atoms with Crippen LogP contribution < -0.4 is 5.32 Å². The smallest absolute Gasteiger partial charge is 0.0453 e. The maximum Gasteiger partial charge on any atom is 0.0453 e. The molecule has 0 spiro atoms. The second-order valence-corrected chi connectivity index (χ2v) is 4.99. The highest BCUT2D eigenvalue weighted by molar-refractivity contribution is 6.31. The summed E-state index contributed by atoms with van der Waals surface area (Å²) in [6.45, 7) is 5.78. The lowest BCUT2D eigenvalue weighted by atomic mass is 10.1. The standard InChI is InChI=1S/C12H17Cl2N/c1-9-3-4-11(12(14)7-9)8-15-6-5-10(2)13/h3-4,7,10,15H,5-6,8H2,1-2H3. The minimum Gasteiger partial charge on any atom is -0.313 e. The van der Waals surface area contributed by atoms with Crippen molar-refractivity contribution in [2.75, 3.05) is 6.54 Å². The molecule has 0 aromatic heterocycles. The van der Waals surface area contributed by atoms with Crippen molar-refractivity contribution in [2.24, 2.45) is 0 Å². The lowest BCUT2D eigenvalue weighted by molar-refractivity contribution is 0.645. The SMILES string of the molecule is Cc1ccc(CNCCC(C)Cl)c(Cl)c1. The third kappa shape index (κ3) is 4.87. The first kappa shape index (κ1) is 12.8. The van der Waals surface area contributed by atoms with Crippen LogP contribution in [0.3, 0.4) is 0 Å². The van der Waals surface area contributed by atoms with Crippen molar-refractivity contribution in [3.05, 3.63) is 34.3 Å². The molecule has 0 heterocycles. The molecule has 1 aromatic rings. The van der Waals surface area contributed by atoms with Gasteiger partial charge in [-0.05, 0) is 44.0 Å². The summed E-state index contributed by atoms with van der Waals surface area (Å²) >= 11 is 12.0. The van der Waals surface area contributed by atoms with Gasteiger partial charge in [0.05, 0.1) is 0 Å². The Kier molecular flexibility index (Phi) is 5.44. The number of rotatable bonds is 5. The number of hydrogen-bond donors (Lipinski definition) is 1. The van der Waals surface area contributed by atoms with E-state index in [1.807, 2.05) is 19.9 Å². The van der Waals surface area contributed by atoms with Crippen LogP contribution in [0.5, 0.6) is 0 Å². The normalized spacial score (nSPS) is 12.8. The molecule has 15 heavy (non-hydrogen) atoms. The van der Waals surface area contributed by atoms with E-state index in [1.54, 1.807) is 0 Å². The molecule has 1 unspecified atom stereocenters. The monoisotopic (exact) mass is 245 g/mol. The van der Waals surface area contributed by atoms with E-state index in [4.69, 9.17) is 23.2 Å². The van der Waals surface area contributed by atoms with Gasteiger partial charge in [0, 0.05) is 16.9 Å². The van der Waals surface area contributed by atoms with Crippen molar-refractivity contribution >= 4 is 23.2 Å². The van der Waals surface area contributed by atoms with E-state index in [-0.39, 0.29) is 5.38 Å². The molecular formula is C12H17Cl2N. The molecule has 0 saturated heterocycles. The zero-order valence-electron chi connectivity index (χ0n) is 9.19. The Bertz CT molecular complexity index is 310. The molecule has 0 fully saturated rings. The molecule has 0 bridgehead atoms. The fourth-order valence-electron chi connectivity index (χ4n) is 1.32. The van der Waals surface area contributed by atoms with Gasteiger partial charge < -0.3 is 5.32 Å². The highest BCUT2D eigenvalue weighted by atomic mass is 35.5. The summed E-state index contributed by atoms with van der Waals surface area (Å²) < 4.78 is 0. The fraction of sp³-hybridized carbons (Fsp3) is 0.500. The zero-order chi connectivity index (χ0) is 11.3. The van der Waals surface area contributed by atoms with Gasteiger partial charge in [0.1, 0.15) is 0 Å². The van der Waals surface area contributed by atoms with E-state index < -0.39 is 0 Å². The van der Waals surface area contributed by atoms with Gasteiger partial charge in [-0.15, -0.1) is 11.6 Å². The largest absolute Gasteiger partial charge is 0.313 e. The topological polar surface area (TPSA) is 12.0 Å². The summed E-state index contributed by atoms with van der Waals surface area (Å²) in [7, 11) is 0. The van der Waals surface area contributed by atoms with Crippen LogP contribution in [0, 0.1) is 6.92 Å². The van der Waals surface area contributed by atoms with Crippen LogP contribution in [0.15, 0.2) is 18.2 Å². The Labute approximate surface area is 102 Å². The predicted molar refractivity (Wildman–Crippen MR) is 67.8 cm³/mol. The number of aryl methyl sites for hydroxylation is 1. The van der Waals surface area contributed by atoms with Crippen LogP contribution in [0.1, 0.15) is 24.5 Å². The van der Waals surface area contributed by atoms with E-state index in [0.717, 1.165) is 30.1 Å². The molecule has 0 amide bonds. The molecule has 84 valence electrons. The molecule has 1 nitrogen and oxygen atoms in total. The Morgan fingerprint density at radius 1 is 1.40 bits per heavy atom. The molecule has 0 aliphatic carbocycles. The van der Waals surface area contributed by atoms with Crippen molar-refractivity contribution in [2.45, 2.75) is 32.2 Å². The number of halogens is 2. The quantitative estimate of drug-likeness (QED) is 0.616. The molecule has 3 heteroatoms. The van der Waals surface area contributed by atoms with E-state index in [9.17, 15) is 0 Å². The van der Waals surface area contributed by atoms with Gasteiger partial charge in [0.15, 0.2) is 0 Å². The summed E-state index contributed by atoms with van der Waals surface area (Å²) in [5.74, 6) is 0. The molecular weight excluding hydrogens is 229 g/mol. The maximum atomic E-state index is 6.10. The van der Waals surface area contributed by atoms with Crippen molar-refractivity contribution in [1.29, 1.82) is 0 Å². The third-order valence-corrected chi connectivity index (χ3v) is 2.81. The minimum absolute atomic E-state index is 0.228. The van der Waals surface area contributed by atoms with E-state index in [2.05, 4.69) is 17.4 Å². The second kappa shape index (κ2) is 6.37. The summed E-state index contributed by atoms with van der Waals surface area (Å²) in [6.07, 6.45) is 0.977. The molecule has 1 aromatic carbocycles. The summed E-state index contributed by atoms with van der Waals surface area (Å²) in [5.41, 5.74) is 2.34. The predicted octanol–water partition coefficient (Wildman–Crippen LogP) is 3.76. The van der Waals surface area contributed by atoms with E-state index in [0.29, 0.717) is 0 Å². The third-order valence-electron chi connectivity index (χ3n) is 2.24. The Morgan fingerprint density at radius 2 is 2.13 bits per heavy atom. The molecule has 0 aliphatic rings. The molecule has 1 N–H and O–H groups in total. The van der Waals surface area contributed by atoms with Crippen LogP contribution in [0.25, 0.3) is 0 Å². The summed E-state index contributed by atoms with van der Waals surface area (Å²) in [5, 5.41) is 4.39. The van der Waals surface area contributed by atoms with Crippen molar-refractivity contribution < 1.29 is 0 Å². The average Bonchev–Trinajstić information content (AvgIpc) is 2.14. The zero-order valence-corrected chi connectivity index (χ0v) is 10.7. The second-order valence-electron chi connectivity index (χ2n) is 3.84. The van der Waals surface area contributed by atoms with Crippen LogP contribution in [-0.4, -0.2) is 11.9 Å². The first-order chi connectivity index (χ1) is 7.09. The van der Waals surface area contributed by atoms with Gasteiger partial charge in [-0.25, -0.2) is 0 Å². The molecule has 1 atom stereocenters. The van der Waals surface area contributed by atoms with Gasteiger partial charge in [0.25, 0.3) is 0 Å². The van der Waals surface area contributed by atoms with Gasteiger partial charge in [-0.3, -0.25) is 0 Å². The van der Waals surface area contributed by atoms with Crippen LogP contribution in [0.4, 0.5) is 0 Å². The maximum absolute atomic E-state index is 6.10. The lowest BCUT2D eigenvalue weighted by Crippen LogP contribution is -2.17. The van der Waals surface area contributed by atoms with Crippen molar-refractivity contribution in [3.63, 3.8) is 0 Å². The average molecular weight is 246 g/mol. The van der Waals surface area contributed by atoms with Crippen LogP contribution >= 0.6 is 23.2 Å². The van der Waals surface area contributed by atoms with Crippen LogP contribution in [-0.2, 0) is 6.54 Å². The highest BCUT2D eigenvalue weighted by Gasteiger charge is 2.00.